The fourth-order valence-corrected chi connectivity index (χ4v) is 1.29. The van der Waals surface area contributed by atoms with Gasteiger partial charge in [-0.2, -0.15) is 0 Å². The highest BCUT2D eigenvalue weighted by atomic mass is 16.4. The van der Waals surface area contributed by atoms with Crippen molar-refractivity contribution in [1.82, 2.24) is 9.99 Å². The smallest absolute Gasteiger partial charge is 0.408 e. The third-order valence-corrected chi connectivity index (χ3v) is 1.99. The van der Waals surface area contributed by atoms with Crippen molar-refractivity contribution in [1.29, 1.82) is 0 Å². The van der Waals surface area contributed by atoms with Crippen molar-refractivity contribution in [3.63, 3.8) is 0 Å². The zero-order valence-corrected chi connectivity index (χ0v) is 7.98. The molecule has 6 heteroatoms. The van der Waals surface area contributed by atoms with Gasteiger partial charge in [0.05, 0.1) is 5.52 Å². The molecule has 2 aromatic rings. The number of H-pyrrole nitrogens is 1. The zero-order chi connectivity index (χ0) is 11.0. The molecule has 0 fully saturated rings. The Kier molecular flexibility index (Phi) is 2.05. The molecular formula is C9H9N3O3. The highest BCUT2D eigenvalue weighted by Gasteiger charge is 2.10. The molecular weight excluding hydrogens is 198 g/mol. The van der Waals surface area contributed by atoms with Gasteiger partial charge in [-0.1, -0.05) is 0 Å². The highest BCUT2D eigenvalue weighted by molar-refractivity contribution is 5.96. The van der Waals surface area contributed by atoms with Crippen LogP contribution >= 0.6 is 0 Å². The molecule has 0 saturated heterocycles. The predicted molar refractivity (Wildman–Crippen MR) is 53.1 cm³/mol. The molecule has 0 spiro atoms. The summed E-state index contributed by atoms with van der Waals surface area (Å²) in [6, 6.07) is 4.61. The molecule has 0 aliphatic carbocycles. The number of hydrogen-bond acceptors (Lipinski definition) is 4. The number of fused-ring (bicyclic) bond motifs is 1. The Labute approximate surface area is 84.2 Å². The maximum atomic E-state index is 11.5. The largest absolute Gasteiger partial charge is 0.417 e. The number of hydrazine groups is 1. The fraction of sp³-hybridized carbons (Fsp3) is 0.111. The molecule has 1 aromatic heterocycles. The van der Waals surface area contributed by atoms with Crippen LogP contribution in [0.4, 0.5) is 0 Å². The minimum atomic E-state index is -0.546. The molecule has 0 bridgehead atoms. The summed E-state index contributed by atoms with van der Waals surface area (Å²) in [5.41, 5.74) is 1.29. The Balaban J connectivity index is 2.55. The maximum Gasteiger partial charge on any atom is 0.417 e. The van der Waals surface area contributed by atoms with Crippen molar-refractivity contribution in [3.05, 3.63) is 34.3 Å². The van der Waals surface area contributed by atoms with Crippen LogP contribution in [0, 0.1) is 0 Å². The molecule has 0 atom stereocenters. The first kappa shape index (κ1) is 9.47. The SMILES string of the molecule is CN(N)C(=O)c1ccc2oc(=O)[nH]c2c1. The van der Waals surface area contributed by atoms with Crippen molar-refractivity contribution in [2.24, 2.45) is 5.84 Å². The first-order valence-corrected chi connectivity index (χ1v) is 4.23. The van der Waals surface area contributed by atoms with Gasteiger partial charge in [0.2, 0.25) is 0 Å². The lowest BCUT2D eigenvalue weighted by Gasteiger charge is -2.08. The van der Waals surface area contributed by atoms with Crippen LogP contribution in [0.2, 0.25) is 0 Å². The van der Waals surface area contributed by atoms with Gasteiger partial charge in [0.1, 0.15) is 0 Å². The summed E-state index contributed by atoms with van der Waals surface area (Å²) in [7, 11) is 1.45. The van der Waals surface area contributed by atoms with E-state index in [0.29, 0.717) is 16.7 Å². The quantitative estimate of drug-likeness (QED) is 0.393. The van der Waals surface area contributed by atoms with E-state index >= 15 is 0 Å². The van der Waals surface area contributed by atoms with Gasteiger partial charge < -0.3 is 4.42 Å². The highest BCUT2D eigenvalue weighted by Crippen LogP contribution is 2.12. The topological polar surface area (TPSA) is 92.3 Å². The van der Waals surface area contributed by atoms with E-state index in [1.54, 1.807) is 12.1 Å². The molecule has 15 heavy (non-hydrogen) atoms. The average Bonchev–Trinajstić information content (AvgIpc) is 2.55. The Hall–Kier alpha value is -2.08. The summed E-state index contributed by atoms with van der Waals surface area (Å²) >= 11 is 0. The summed E-state index contributed by atoms with van der Waals surface area (Å²) in [5.74, 6) is 4.43. The van der Waals surface area contributed by atoms with Gasteiger partial charge >= 0.3 is 5.76 Å². The lowest BCUT2D eigenvalue weighted by Crippen LogP contribution is -2.32. The number of nitrogens with two attached hydrogens (primary N) is 1. The number of aromatic nitrogens is 1. The van der Waals surface area contributed by atoms with Crippen molar-refractivity contribution >= 4 is 17.0 Å². The molecule has 1 amide bonds. The first-order chi connectivity index (χ1) is 7.08. The number of nitrogens with one attached hydrogen (secondary N) is 1. The van der Waals surface area contributed by atoms with E-state index < -0.39 is 5.76 Å². The van der Waals surface area contributed by atoms with E-state index in [-0.39, 0.29) is 5.91 Å². The minimum Gasteiger partial charge on any atom is -0.408 e. The minimum absolute atomic E-state index is 0.334. The second-order valence-electron chi connectivity index (χ2n) is 3.14. The number of benzene rings is 1. The fourth-order valence-electron chi connectivity index (χ4n) is 1.29. The summed E-state index contributed by atoms with van der Waals surface area (Å²) in [5, 5.41) is 0.972. The van der Waals surface area contributed by atoms with Crippen molar-refractivity contribution in [2.75, 3.05) is 7.05 Å². The molecule has 0 aliphatic rings. The number of amides is 1. The van der Waals surface area contributed by atoms with Crippen molar-refractivity contribution < 1.29 is 9.21 Å². The van der Waals surface area contributed by atoms with Gasteiger partial charge in [0, 0.05) is 12.6 Å². The van der Waals surface area contributed by atoms with E-state index in [2.05, 4.69) is 4.98 Å². The van der Waals surface area contributed by atoms with Gasteiger partial charge in [-0.15, -0.1) is 0 Å². The Morgan fingerprint density at radius 2 is 2.27 bits per heavy atom. The number of nitrogens with zero attached hydrogens (tertiary/aromatic N) is 1. The predicted octanol–water partition coefficient (Wildman–Crippen LogP) is 0.0668. The lowest BCUT2D eigenvalue weighted by molar-refractivity contribution is 0.0795. The van der Waals surface area contributed by atoms with Crippen LogP contribution in [0.25, 0.3) is 11.1 Å². The van der Waals surface area contributed by atoms with Gasteiger partial charge in [-0.3, -0.25) is 14.8 Å². The van der Waals surface area contributed by atoms with Crippen LogP contribution < -0.4 is 11.6 Å². The second kappa shape index (κ2) is 3.25. The summed E-state index contributed by atoms with van der Waals surface area (Å²) < 4.78 is 4.80. The van der Waals surface area contributed by atoms with Crippen LogP contribution in [-0.4, -0.2) is 22.9 Å². The van der Waals surface area contributed by atoms with Gasteiger partial charge in [0.15, 0.2) is 5.58 Å². The molecule has 0 aliphatic heterocycles. The number of oxazole rings is 1. The van der Waals surface area contributed by atoms with Gasteiger partial charge in [-0.25, -0.2) is 10.6 Å². The van der Waals surface area contributed by atoms with Gasteiger partial charge in [0.25, 0.3) is 5.91 Å². The van der Waals surface area contributed by atoms with Crippen LogP contribution in [0.3, 0.4) is 0 Å². The van der Waals surface area contributed by atoms with E-state index in [9.17, 15) is 9.59 Å². The van der Waals surface area contributed by atoms with Crippen molar-refractivity contribution in [3.8, 4) is 0 Å². The molecule has 0 unspecified atom stereocenters. The summed E-state index contributed by atoms with van der Waals surface area (Å²) in [4.78, 5) is 24.8. The maximum absolute atomic E-state index is 11.5. The Bertz CT molecular complexity index is 567. The molecule has 1 heterocycles. The lowest BCUT2D eigenvalue weighted by atomic mass is 10.2. The normalized spacial score (nSPS) is 10.5. The van der Waals surface area contributed by atoms with Crippen LogP contribution in [0.5, 0.6) is 0 Å². The number of carbonyl (C=O) groups excluding carboxylic acids is 1. The molecule has 3 N–H and O–H groups in total. The molecule has 6 nitrogen and oxygen atoms in total. The number of aromatic amines is 1. The van der Waals surface area contributed by atoms with Crippen LogP contribution in [0.15, 0.2) is 27.4 Å². The summed E-state index contributed by atoms with van der Waals surface area (Å²) in [6.45, 7) is 0. The summed E-state index contributed by atoms with van der Waals surface area (Å²) in [6.07, 6.45) is 0. The van der Waals surface area contributed by atoms with E-state index in [1.165, 1.54) is 13.1 Å². The van der Waals surface area contributed by atoms with E-state index in [4.69, 9.17) is 10.3 Å². The number of rotatable bonds is 1. The number of hydrogen-bond donors (Lipinski definition) is 2. The third-order valence-electron chi connectivity index (χ3n) is 1.99. The molecule has 1 aromatic carbocycles. The van der Waals surface area contributed by atoms with E-state index in [1.807, 2.05) is 0 Å². The molecule has 2 rings (SSSR count). The van der Waals surface area contributed by atoms with Gasteiger partial charge in [-0.05, 0) is 18.2 Å². The van der Waals surface area contributed by atoms with Crippen LogP contribution in [0.1, 0.15) is 10.4 Å². The third kappa shape index (κ3) is 1.62. The monoisotopic (exact) mass is 207 g/mol. The Morgan fingerprint density at radius 3 is 2.93 bits per heavy atom. The number of carbonyl (C=O) groups is 1. The standard InChI is InChI=1S/C9H9N3O3/c1-12(10)8(13)5-2-3-7-6(4-5)11-9(14)15-7/h2-4H,10H2,1H3,(H,11,14). The van der Waals surface area contributed by atoms with Crippen LogP contribution in [-0.2, 0) is 0 Å². The molecule has 0 saturated carbocycles. The molecule has 0 radical (unpaired) electrons. The van der Waals surface area contributed by atoms with E-state index in [0.717, 1.165) is 5.01 Å². The van der Waals surface area contributed by atoms with Crippen molar-refractivity contribution in [2.45, 2.75) is 0 Å². The first-order valence-electron chi connectivity index (χ1n) is 4.23. The second-order valence-corrected chi connectivity index (χ2v) is 3.14. The average molecular weight is 207 g/mol. The Morgan fingerprint density at radius 1 is 1.53 bits per heavy atom. The molecule has 78 valence electrons. The zero-order valence-electron chi connectivity index (χ0n) is 7.98.